The first kappa shape index (κ1) is 7.81. The van der Waals surface area contributed by atoms with Gasteiger partial charge in [-0.1, -0.05) is 0 Å². The van der Waals surface area contributed by atoms with Gasteiger partial charge in [0.25, 0.3) is 0 Å². The summed E-state index contributed by atoms with van der Waals surface area (Å²) in [6.07, 6.45) is 1.54. The maximum absolute atomic E-state index is 8.83. The molecule has 4 nitrogen and oxygen atoms in total. The fourth-order valence-electron chi connectivity index (χ4n) is 0.840. The van der Waals surface area contributed by atoms with Gasteiger partial charge >= 0.3 is 0 Å². The maximum Gasteiger partial charge on any atom is 0.132 e. The second-order valence-corrected chi connectivity index (χ2v) is 2.04. The van der Waals surface area contributed by atoms with Gasteiger partial charge in [0, 0.05) is 6.20 Å². The Morgan fingerprint density at radius 2 is 2.45 bits per heavy atom. The molecule has 1 aromatic rings. The monoisotopic (exact) mass is 154 g/mol. The fourth-order valence-corrected chi connectivity index (χ4v) is 0.840. The van der Waals surface area contributed by atoms with E-state index < -0.39 is 0 Å². The third-order valence-electron chi connectivity index (χ3n) is 1.42. The van der Waals surface area contributed by atoms with Gasteiger partial charge < -0.3 is 15.6 Å². The molecule has 0 atom stereocenters. The van der Waals surface area contributed by atoms with E-state index in [1.165, 1.54) is 13.3 Å². The van der Waals surface area contributed by atoms with E-state index in [0.29, 0.717) is 17.1 Å². The topological polar surface area (TPSA) is 68.4 Å². The molecule has 0 aromatic carbocycles. The Labute approximate surface area is 64.6 Å². The molecule has 0 saturated heterocycles. The molecule has 1 heterocycles. The van der Waals surface area contributed by atoms with Crippen LogP contribution >= 0.6 is 0 Å². The molecule has 0 aliphatic heterocycles. The van der Waals surface area contributed by atoms with Crippen molar-refractivity contribution in [3.63, 3.8) is 0 Å². The standard InChI is InChI=1S/C7H10N2O2/c1-11-6-2-3-9-7(8)5(6)4-10/h2-3,10H,4H2,1H3,(H2,8,9). The molecular weight excluding hydrogens is 144 g/mol. The molecule has 0 amide bonds. The van der Waals surface area contributed by atoms with E-state index in [2.05, 4.69) is 4.98 Å². The smallest absolute Gasteiger partial charge is 0.132 e. The van der Waals surface area contributed by atoms with Gasteiger partial charge in [-0.05, 0) is 6.07 Å². The predicted molar refractivity (Wildman–Crippen MR) is 41.1 cm³/mol. The minimum absolute atomic E-state index is 0.150. The second-order valence-electron chi connectivity index (χ2n) is 2.04. The van der Waals surface area contributed by atoms with Crippen molar-refractivity contribution in [2.45, 2.75) is 6.61 Å². The number of aliphatic hydroxyl groups excluding tert-OH is 1. The van der Waals surface area contributed by atoms with Crippen LogP contribution < -0.4 is 10.5 Å². The molecule has 60 valence electrons. The number of anilines is 1. The number of pyridine rings is 1. The van der Waals surface area contributed by atoms with E-state index in [9.17, 15) is 0 Å². The highest BCUT2D eigenvalue weighted by molar-refractivity contribution is 5.47. The van der Waals surface area contributed by atoms with Crippen LogP contribution in [-0.4, -0.2) is 17.2 Å². The zero-order valence-corrected chi connectivity index (χ0v) is 6.24. The number of methoxy groups -OCH3 is 1. The number of nitrogens with two attached hydrogens (primary N) is 1. The van der Waals surface area contributed by atoms with Crippen molar-refractivity contribution in [2.75, 3.05) is 12.8 Å². The van der Waals surface area contributed by atoms with E-state index >= 15 is 0 Å². The Bertz CT molecular complexity index is 250. The number of ether oxygens (including phenoxy) is 1. The highest BCUT2D eigenvalue weighted by atomic mass is 16.5. The van der Waals surface area contributed by atoms with Crippen LogP contribution in [0.1, 0.15) is 5.56 Å². The summed E-state index contributed by atoms with van der Waals surface area (Å²) in [5.74, 6) is 0.881. The van der Waals surface area contributed by atoms with Crippen LogP contribution in [0.5, 0.6) is 5.75 Å². The largest absolute Gasteiger partial charge is 0.496 e. The molecule has 0 radical (unpaired) electrons. The molecule has 0 bridgehead atoms. The summed E-state index contributed by atoms with van der Waals surface area (Å²) in [6.45, 7) is -0.150. The van der Waals surface area contributed by atoms with E-state index in [-0.39, 0.29) is 6.61 Å². The summed E-state index contributed by atoms with van der Waals surface area (Å²) in [5.41, 5.74) is 5.99. The van der Waals surface area contributed by atoms with E-state index in [1.807, 2.05) is 0 Å². The Hall–Kier alpha value is -1.29. The molecule has 1 aromatic heterocycles. The molecule has 1 rings (SSSR count). The lowest BCUT2D eigenvalue weighted by Gasteiger charge is -2.06. The molecule has 0 spiro atoms. The first-order chi connectivity index (χ1) is 5.29. The summed E-state index contributed by atoms with van der Waals surface area (Å²) in [4.78, 5) is 3.80. The van der Waals surface area contributed by atoms with Crippen molar-refractivity contribution in [2.24, 2.45) is 0 Å². The van der Waals surface area contributed by atoms with Gasteiger partial charge in [-0.2, -0.15) is 0 Å². The molecule has 0 saturated carbocycles. The summed E-state index contributed by atoms with van der Waals surface area (Å²) in [5, 5.41) is 8.83. The second kappa shape index (κ2) is 3.21. The summed E-state index contributed by atoms with van der Waals surface area (Å²) < 4.78 is 4.94. The summed E-state index contributed by atoms with van der Waals surface area (Å²) in [7, 11) is 1.52. The van der Waals surface area contributed by atoms with Crippen molar-refractivity contribution in [3.8, 4) is 5.75 Å². The van der Waals surface area contributed by atoms with Gasteiger partial charge in [0.15, 0.2) is 0 Å². The maximum atomic E-state index is 8.83. The SMILES string of the molecule is COc1ccnc(N)c1CO. The van der Waals surface area contributed by atoms with Crippen LogP contribution in [0.25, 0.3) is 0 Å². The Balaban J connectivity index is 3.13. The quantitative estimate of drug-likeness (QED) is 0.637. The lowest BCUT2D eigenvalue weighted by atomic mass is 10.2. The number of nitrogens with zero attached hydrogens (tertiary/aromatic N) is 1. The van der Waals surface area contributed by atoms with E-state index in [0.717, 1.165) is 0 Å². The van der Waals surface area contributed by atoms with Crippen molar-refractivity contribution in [1.29, 1.82) is 0 Å². The summed E-state index contributed by atoms with van der Waals surface area (Å²) >= 11 is 0. The van der Waals surface area contributed by atoms with Gasteiger partial charge in [-0.3, -0.25) is 0 Å². The average Bonchev–Trinajstić information content (AvgIpc) is 2.04. The van der Waals surface area contributed by atoms with Crippen LogP contribution in [-0.2, 0) is 6.61 Å². The number of aliphatic hydroxyl groups is 1. The van der Waals surface area contributed by atoms with Crippen LogP contribution in [0.4, 0.5) is 5.82 Å². The number of nitrogen functional groups attached to an aromatic ring is 1. The molecule has 0 aliphatic carbocycles. The van der Waals surface area contributed by atoms with Gasteiger partial charge in [0.2, 0.25) is 0 Å². The fraction of sp³-hybridized carbons (Fsp3) is 0.286. The molecule has 0 unspecified atom stereocenters. The van der Waals surface area contributed by atoms with Crippen molar-refractivity contribution >= 4 is 5.82 Å². The Kier molecular flexibility index (Phi) is 2.28. The van der Waals surface area contributed by atoms with Gasteiger partial charge in [-0.15, -0.1) is 0 Å². The Morgan fingerprint density at radius 3 is 2.91 bits per heavy atom. The van der Waals surface area contributed by atoms with Crippen LogP contribution in [0, 0.1) is 0 Å². The first-order valence-corrected chi connectivity index (χ1v) is 3.17. The number of rotatable bonds is 2. The summed E-state index contributed by atoms with van der Waals surface area (Å²) in [6, 6.07) is 1.65. The molecular formula is C7H10N2O2. The van der Waals surface area contributed by atoms with Gasteiger partial charge in [0.1, 0.15) is 11.6 Å². The number of aromatic nitrogens is 1. The van der Waals surface area contributed by atoms with Crippen LogP contribution in [0.2, 0.25) is 0 Å². The molecule has 0 aliphatic rings. The number of hydrogen-bond donors (Lipinski definition) is 2. The third-order valence-corrected chi connectivity index (χ3v) is 1.42. The van der Waals surface area contributed by atoms with Gasteiger partial charge in [0.05, 0.1) is 19.3 Å². The highest BCUT2D eigenvalue weighted by Crippen LogP contribution is 2.21. The average molecular weight is 154 g/mol. The third kappa shape index (κ3) is 1.40. The van der Waals surface area contributed by atoms with E-state index in [1.54, 1.807) is 6.07 Å². The lowest BCUT2D eigenvalue weighted by Crippen LogP contribution is -2.00. The zero-order valence-electron chi connectivity index (χ0n) is 6.24. The van der Waals surface area contributed by atoms with Crippen LogP contribution in [0.3, 0.4) is 0 Å². The highest BCUT2D eigenvalue weighted by Gasteiger charge is 2.04. The normalized spacial score (nSPS) is 9.64. The molecule has 11 heavy (non-hydrogen) atoms. The predicted octanol–water partition coefficient (Wildman–Crippen LogP) is 0.165. The Morgan fingerprint density at radius 1 is 1.73 bits per heavy atom. The van der Waals surface area contributed by atoms with Crippen molar-refractivity contribution in [3.05, 3.63) is 17.8 Å². The molecule has 3 N–H and O–H groups in total. The number of hydrogen-bond acceptors (Lipinski definition) is 4. The minimum Gasteiger partial charge on any atom is -0.496 e. The van der Waals surface area contributed by atoms with Crippen molar-refractivity contribution in [1.82, 2.24) is 4.98 Å². The minimum atomic E-state index is -0.150. The van der Waals surface area contributed by atoms with Crippen molar-refractivity contribution < 1.29 is 9.84 Å². The van der Waals surface area contributed by atoms with Crippen LogP contribution in [0.15, 0.2) is 12.3 Å². The van der Waals surface area contributed by atoms with Gasteiger partial charge in [-0.25, -0.2) is 4.98 Å². The lowest BCUT2D eigenvalue weighted by molar-refractivity contribution is 0.274. The first-order valence-electron chi connectivity index (χ1n) is 3.17. The molecule has 4 heteroatoms. The van der Waals surface area contributed by atoms with E-state index in [4.69, 9.17) is 15.6 Å². The zero-order chi connectivity index (χ0) is 8.27. The molecule has 0 fully saturated rings.